The Morgan fingerprint density at radius 2 is 1.58 bits per heavy atom. The molecule has 2 amide bonds. The lowest BCUT2D eigenvalue weighted by Crippen LogP contribution is -2.30. The van der Waals surface area contributed by atoms with E-state index >= 15 is 0 Å². The van der Waals surface area contributed by atoms with Gasteiger partial charge in [0, 0.05) is 24.0 Å². The Morgan fingerprint density at radius 1 is 0.909 bits per heavy atom. The van der Waals surface area contributed by atoms with Crippen molar-refractivity contribution in [2.75, 3.05) is 29.5 Å². The molecule has 9 heteroatoms. The van der Waals surface area contributed by atoms with E-state index in [4.69, 9.17) is 0 Å². The number of nitrogens with zero attached hydrogens (tertiary/aromatic N) is 4. The van der Waals surface area contributed by atoms with Crippen LogP contribution < -0.4 is 10.6 Å². The van der Waals surface area contributed by atoms with Crippen LogP contribution in [0.1, 0.15) is 32.0 Å². The lowest BCUT2D eigenvalue weighted by molar-refractivity contribution is -0.114. The number of hydrogen-bond donors (Lipinski definition) is 2. The Hall–Kier alpha value is -3.17. The van der Waals surface area contributed by atoms with Crippen LogP contribution in [-0.4, -0.2) is 50.3 Å². The molecule has 0 atom stereocenters. The van der Waals surface area contributed by atoms with Crippen molar-refractivity contribution in [1.29, 1.82) is 0 Å². The molecule has 0 aliphatic carbocycles. The molecule has 4 rings (SSSR count). The zero-order valence-electron chi connectivity index (χ0n) is 18.7. The number of piperidine rings is 1. The standard InChI is InChI=1S/C24H28N6O2S/c1-18(31)25-19-10-12-20(13-11-19)26-23(32)17-33-24-28-27-22(16-29-14-6-3-7-15-29)30(24)21-8-4-2-5-9-21/h2,4-5,8-13H,3,6-7,14-17H2,1H3,(H,25,31)(H,26,32). The molecule has 1 aliphatic rings. The fourth-order valence-electron chi connectivity index (χ4n) is 3.82. The maximum Gasteiger partial charge on any atom is 0.234 e. The molecule has 1 aliphatic heterocycles. The first-order valence-corrected chi connectivity index (χ1v) is 12.1. The summed E-state index contributed by atoms with van der Waals surface area (Å²) in [4.78, 5) is 26.1. The van der Waals surface area contributed by atoms with Gasteiger partial charge in [0.2, 0.25) is 11.8 Å². The fraction of sp³-hybridized carbons (Fsp3) is 0.333. The molecule has 1 fully saturated rings. The molecule has 33 heavy (non-hydrogen) atoms. The fourth-order valence-corrected chi connectivity index (χ4v) is 4.59. The lowest BCUT2D eigenvalue weighted by Gasteiger charge is -2.26. The summed E-state index contributed by atoms with van der Waals surface area (Å²) in [5.74, 6) is 0.833. The van der Waals surface area contributed by atoms with Crippen molar-refractivity contribution in [1.82, 2.24) is 19.7 Å². The van der Waals surface area contributed by atoms with E-state index in [1.54, 1.807) is 24.3 Å². The molecule has 0 saturated carbocycles. The zero-order valence-corrected chi connectivity index (χ0v) is 19.5. The van der Waals surface area contributed by atoms with E-state index < -0.39 is 0 Å². The van der Waals surface area contributed by atoms with Gasteiger partial charge < -0.3 is 10.6 Å². The number of anilines is 2. The average Bonchev–Trinajstić information content (AvgIpc) is 3.22. The second-order valence-electron chi connectivity index (χ2n) is 8.00. The van der Waals surface area contributed by atoms with Gasteiger partial charge >= 0.3 is 0 Å². The zero-order chi connectivity index (χ0) is 23.0. The van der Waals surface area contributed by atoms with E-state index in [-0.39, 0.29) is 17.6 Å². The number of nitrogens with one attached hydrogen (secondary N) is 2. The highest BCUT2D eigenvalue weighted by Crippen LogP contribution is 2.24. The second kappa shape index (κ2) is 11.1. The monoisotopic (exact) mass is 464 g/mol. The summed E-state index contributed by atoms with van der Waals surface area (Å²) in [5, 5.41) is 15.2. The number of para-hydroxylation sites is 1. The molecule has 1 saturated heterocycles. The Bertz CT molecular complexity index is 1080. The normalized spacial score (nSPS) is 14.1. The van der Waals surface area contributed by atoms with E-state index in [2.05, 4.69) is 30.3 Å². The Kier molecular flexibility index (Phi) is 7.74. The van der Waals surface area contributed by atoms with Gasteiger partial charge in [0.25, 0.3) is 0 Å². The summed E-state index contributed by atoms with van der Waals surface area (Å²) in [6.45, 7) is 4.36. The third-order valence-corrected chi connectivity index (χ3v) is 6.28. The highest BCUT2D eigenvalue weighted by Gasteiger charge is 2.19. The van der Waals surface area contributed by atoms with Crippen LogP contribution >= 0.6 is 11.8 Å². The van der Waals surface area contributed by atoms with Gasteiger partial charge in [-0.2, -0.15) is 0 Å². The molecule has 1 aromatic heterocycles. The number of aromatic nitrogens is 3. The number of benzene rings is 2. The van der Waals surface area contributed by atoms with Crippen LogP contribution in [0.25, 0.3) is 5.69 Å². The van der Waals surface area contributed by atoms with E-state index in [1.807, 2.05) is 30.3 Å². The van der Waals surface area contributed by atoms with Gasteiger partial charge in [-0.1, -0.05) is 36.4 Å². The van der Waals surface area contributed by atoms with Gasteiger partial charge in [-0.25, -0.2) is 0 Å². The summed E-state index contributed by atoms with van der Waals surface area (Å²) < 4.78 is 2.05. The van der Waals surface area contributed by atoms with Crippen molar-refractivity contribution < 1.29 is 9.59 Å². The molecule has 2 aromatic carbocycles. The van der Waals surface area contributed by atoms with E-state index in [0.29, 0.717) is 16.5 Å². The molecule has 0 radical (unpaired) electrons. The third-order valence-electron chi connectivity index (χ3n) is 5.35. The Labute approximate surface area is 197 Å². The molecule has 2 N–H and O–H groups in total. The molecular weight excluding hydrogens is 436 g/mol. The maximum absolute atomic E-state index is 12.6. The summed E-state index contributed by atoms with van der Waals surface area (Å²) in [6, 6.07) is 17.1. The van der Waals surface area contributed by atoms with Gasteiger partial charge in [0.05, 0.1) is 12.3 Å². The molecule has 0 unspecified atom stereocenters. The first-order chi connectivity index (χ1) is 16.1. The molecule has 3 aromatic rings. The van der Waals surface area contributed by atoms with Crippen LogP contribution in [0.3, 0.4) is 0 Å². The maximum atomic E-state index is 12.6. The van der Waals surface area contributed by atoms with Crippen molar-refractivity contribution in [2.24, 2.45) is 0 Å². The summed E-state index contributed by atoms with van der Waals surface area (Å²) in [5.41, 5.74) is 2.35. The highest BCUT2D eigenvalue weighted by atomic mass is 32.2. The van der Waals surface area contributed by atoms with Crippen LogP contribution in [-0.2, 0) is 16.1 Å². The molecule has 172 valence electrons. The van der Waals surface area contributed by atoms with E-state index in [1.165, 1.54) is 37.9 Å². The van der Waals surface area contributed by atoms with Gasteiger partial charge in [-0.3, -0.25) is 19.1 Å². The summed E-state index contributed by atoms with van der Waals surface area (Å²) in [6.07, 6.45) is 3.72. The largest absolute Gasteiger partial charge is 0.326 e. The smallest absolute Gasteiger partial charge is 0.234 e. The van der Waals surface area contributed by atoms with Crippen molar-refractivity contribution in [3.8, 4) is 5.69 Å². The molecule has 0 spiro atoms. The quantitative estimate of drug-likeness (QED) is 0.491. The van der Waals surface area contributed by atoms with Crippen molar-refractivity contribution >= 4 is 35.0 Å². The van der Waals surface area contributed by atoms with Crippen LogP contribution in [0.15, 0.2) is 59.8 Å². The topological polar surface area (TPSA) is 92.2 Å². The predicted octanol–water partition coefficient (Wildman–Crippen LogP) is 3.94. The van der Waals surface area contributed by atoms with E-state index in [9.17, 15) is 9.59 Å². The molecule has 8 nitrogen and oxygen atoms in total. The number of amides is 2. The highest BCUT2D eigenvalue weighted by molar-refractivity contribution is 7.99. The lowest BCUT2D eigenvalue weighted by atomic mass is 10.1. The van der Waals surface area contributed by atoms with Crippen LogP contribution in [0.5, 0.6) is 0 Å². The average molecular weight is 465 g/mol. The Morgan fingerprint density at radius 3 is 2.24 bits per heavy atom. The van der Waals surface area contributed by atoms with Crippen LogP contribution in [0, 0.1) is 0 Å². The van der Waals surface area contributed by atoms with Gasteiger partial charge in [-0.15, -0.1) is 10.2 Å². The number of likely N-dealkylation sites (tertiary alicyclic amines) is 1. The third kappa shape index (κ3) is 6.43. The molecular formula is C24H28N6O2S. The minimum absolute atomic E-state index is 0.132. The Balaban J connectivity index is 1.42. The van der Waals surface area contributed by atoms with E-state index in [0.717, 1.165) is 31.1 Å². The number of carbonyl (C=O) groups excluding carboxylic acids is 2. The van der Waals surface area contributed by atoms with Gasteiger partial charge in [0.1, 0.15) is 0 Å². The molecule has 0 bridgehead atoms. The van der Waals surface area contributed by atoms with Crippen molar-refractivity contribution in [3.05, 3.63) is 60.4 Å². The summed E-state index contributed by atoms with van der Waals surface area (Å²) >= 11 is 1.37. The SMILES string of the molecule is CC(=O)Nc1ccc(NC(=O)CSc2nnc(CN3CCCCC3)n2-c2ccccc2)cc1. The summed E-state index contributed by atoms with van der Waals surface area (Å²) in [7, 11) is 0. The number of thioether (sulfide) groups is 1. The van der Waals surface area contributed by atoms with Crippen molar-refractivity contribution in [3.63, 3.8) is 0 Å². The minimum Gasteiger partial charge on any atom is -0.326 e. The molecule has 2 heterocycles. The van der Waals surface area contributed by atoms with Crippen LogP contribution in [0.4, 0.5) is 11.4 Å². The van der Waals surface area contributed by atoms with Crippen molar-refractivity contribution in [2.45, 2.75) is 37.9 Å². The first kappa shape index (κ1) is 23.0. The predicted molar refractivity (Wildman–Crippen MR) is 131 cm³/mol. The minimum atomic E-state index is -0.134. The second-order valence-corrected chi connectivity index (χ2v) is 8.94. The first-order valence-electron chi connectivity index (χ1n) is 11.1. The van der Waals surface area contributed by atoms with Crippen LogP contribution in [0.2, 0.25) is 0 Å². The van der Waals surface area contributed by atoms with Gasteiger partial charge in [-0.05, 0) is 62.3 Å². The number of carbonyl (C=O) groups is 2. The number of hydrogen-bond acceptors (Lipinski definition) is 6. The van der Waals surface area contributed by atoms with Gasteiger partial charge in [0.15, 0.2) is 11.0 Å². The number of rotatable bonds is 8.